The number of unbranched alkanes of at least 4 members (excludes halogenated alkanes) is 40. The van der Waals surface area contributed by atoms with E-state index in [0.29, 0.717) is 98.1 Å². The molecule has 0 aliphatic carbocycles. The van der Waals surface area contributed by atoms with Crippen LogP contribution >= 0.6 is 0 Å². The Hall–Kier alpha value is -8.80. The highest BCUT2D eigenvalue weighted by atomic mass is 16.8. The number of benzene rings is 8. The zero-order valence-electron chi connectivity index (χ0n) is 87.9. The number of ether oxygens (including phenoxy) is 14. The van der Waals surface area contributed by atoms with Crippen LogP contribution in [0.3, 0.4) is 0 Å². The summed E-state index contributed by atoms with van der Waals surface area (Å²) in [7, 11) is 0. The fourth-order valence-corrected chi connectivity index (χ4v) is 18.4. The van der Waals surface area contributed by atoms with Crippen LogP contribution in [0.15, 0.2) is 170 Å². The first-order chi connectivity index (χ1) is 68.1. The molecule has 0 radical (unpaired) electrons. The Labute approximate surface area is 840 Å². The fourth-order valence-electron chi connectivity index (χ4n) is 18.4. The maximum atomic E-state index is 14.8. The molecule has 0 unspecified atom stereocenters. The Morgan fingerprint density at radius 2 is 0.338 bits per heavy atom. The summed E-state index contributed by atoms with van der Waals surface area (Å²) in [6.45, 7) is 27.5. The van der Waals surface area contributed by atoms with E-state index < -0.39 is 29.2 Å². The average Bonchev–Trinajstić information content (AvgIpc) is 1.56. The zero-order valence-corrected chi connectivity index (χ0v) is 87.9. The predicted octanol–water partition coefficient (Wildman–Crippen LogP) is 33.6. The van der Waals surface area contributed by atoms with Crippen molar-refractivity contribution in [3.8, 4) is 69.0 Å². The van der Waals surface area contributed by atoms with Gasteiger partial charge < -0.3 is 76.5 Å². The molecule has 9 rings (SSSR count). The monoisotopic (exact) mass is 1920 g/mol. The van der Waals surface area contributed by atoms with Gasteiger partial charge in [0.1, 0.15) is 119 Å². The summed E-state index contributed by atoms with van der Waals surface area (Å²) in [5, 5.41) is 29.6. The van der Waals surface area contributed by atoms with Crippen molar-refractivity contribution in [2.45, 2.75) is 433 Å². The van der Waals surface area contributed by atoms with Crippen molar-refractivity contribution in [1.82, 2.24) is 0 Å². The largest absolute Gasteiger partial charge is 0.493 e. The molecule has 16 nitrogen and oxygen atoms in total. The molecule has 0 saturated carbocycles. The minimum Gasteiger partial charge on any atom is -0.493 e. The Morgan fingerprint density at radius 3 is 0.489 bits per heavy atom. The van der Waals surface area contributed by atoms with Crippen LogP contribution in [0.25, 0.3) is 0 Å². The van der Waals surface area contributed by atoms with Crippen molar-refractivity contribution in [2.75, 3.05) is 52.9 Å². The van der Waals surface area contributed by atoms with Crippen molar-refractivity contribution in [1.29, 1.82) is 0 Å². The zero-order chi connectivity index (χ0) is 98.3. The van der Waals surface area contributed by atoms with E-state index in [9.17, 15) is 10.2 Å². The fraction of sp³-hybridized carbons (Fsp3) is 0.610. The van der Waals surface area contributed by atoms with Gasteiger partial charge in [0.15, 0.2) is 5.79 Å². The van der Waals surface area contributed by atoms with Crippen molar-refractivity contribution < 1.29 is 76.5 Å². The molecule has 8 aromatic rings. The molecule has 139 heavy (non-hydrogen) atoms. The van der Waals surface area contributed by atoms with E-state index in [4.69, 9.17) is 66.3 Å². The average molecular weight is 1920 g/mol. The van der Waals surface area contributed by atoms with E-state index in [2.05, 4.69) is 104 Å². The Morgan fingerprint density at radius 1 is 0.194 bits per heavy atom. The molecule has 16 heteroatoms. The number of hydrogen-bond donors (Lipinski definition) is 2. The van der Waals surface area contributed by atoms with Gasteiger partial charge in [-0.15, -0.1) is 0 Å². The topological polar surface area (TPSA) is 170 Å². The van der Waals surface area contributed by atoms with Gasteiger partial charge in [-0.3, -0.25) is 0 Å². The Balaban J connectivity index is 1.09. The first-order valence-corrected chi connectivity index (χ1v) is 55.4. The summed E-state index contributed by atoms with van der Waals surface area (Å²) in [5.74, 6) is 6.92. The van der Waals surface area contributed by atoms with E-state index in [1.165, 1.54) is 205 Å². The molecule has 0 aromatic heterocycles. The number of rotatable bonds is 82. The summed E-state index contributed by atoms with van der Waals surface area (Å²) < 4.78 is 93.4. The van der Waals surface area contributed by atoms with Gasteiger partial charge in [0.25, 0.3) is 0 Å². The maximum Gasteiger partial charge on any atom is 0.164 e. The molecular weight excluding hydrogens is 1730 g/mol. The standard InChI is InChI=1S/C123H182O16/c1-11-19-27-35-43-51-75-126-111-83-99(84-112(91-111)127-76-52-44-36-28-20-12-2)95-134-107-67-59-103(60-68-107)122(124,104-61-69-108(70-62-104)135-96-100-85-113(128-77-53-45-37-29-21-13-3)92-114(86-100)129-78-54-46-38-30-22-14-4)119-120(139-121(9,10)138-119)123(125,105-63-71-109(72-64-105)136-97-101-87-115(130-79-55-47-39-31-23-15-5)93-116(88-101)131-80-56-48-40-32-24-16-6)106-65-73-110(74-66-106)137-98-102-89-117(132-81-57-49-41-33-25-17-7)94-118(90-102)133-82-58-50-42-34-26-18-8/h59-74,83-94,119-120,124-125H,11-58,75-82,95-98H2,1-10H3/t119-,120-/m1/s1. The lowest BCUT2D eigenvalue weighted by molar-refractivity contribution is -0.172. The minimum absolute atomic E-state index is 0.223. The van der Waals surface area contributed by atoms with Crippen LogP contribution in [0.5, 0.6) is 69.0 Å². The van der Waals surface area contributed by atoms with Gasteiger partial charge in [0, 0.05) is 24.3 Å². The molecule has 2 N–H and O–H groups in total. The molecule has 1 heterocycles. The van der Waals surface area contributed by atoms with Crippen LogP contribution in [0, 0.1) is 0 Å². The first-order valence-electron chi connectivity index (χ1n) is 55.4. The van der Waals surface area contributed by atoms with Gasteiger partial charge in [-0.2, -0.15) is 0 Å². The Kier molecular flexibility index (Phi) is 55.4. The lowest BCUT2D eigenvalue weighted by atomic mass is 9.72. The maximum absolute atomic E-state index is 14.8. The third kappa shape index (κ3) is 42.7. The quantitative estimate of drug-likeness (QED) is 0.0345. The lowest BCUT2D eigenvalue weighted by Gasteiger charge is -2.42. The third-order valence-electron chi connectivity index (χ3n) is 26.6. The van der Waals surface area contributed by atoms with Crippen molar-refractivity contribution >= 4 is 0 Å². The first kappa shape index (κ1) is 114. The van der Waals surface area contributed by atoms with E-state index >= 15 is 0 Å². The summed E-state index contributed by atoms with van der Waals surface area (Å²) in [6, 6.07) is 54.6. The molecule has 2 atom stereocenters. The summed E-state index contributed by atoms with van der Waals surface area (Å²) in [5.41, 5.74) is 1.32. The normalized spacial score (nSPS) is 13.6. The van der Waals surface area contributed by atoms with Gasteiger partial charge in [-0.05, 0) is 207 Å². The molecule has 0 bridgehead atoms. The molecule has 1 fully saturated rings. The van der Waals surface area contributed by atoms with Crippen molar-refractivity contribution in [2.24, 2.45) is 0 Å². The number of aliphatic hydroxyl groups is 2. The second-order valence-electron chi connectivity index (χ2n) is 39.4. The molecule has 8 aromatic carbocycles. The van der Waals surface area contributed by atoms with Gasteiger partial charge in [-0.25, -0.2) is 0 Å². The Bertz CT molecular complexity index is 3800. The summed E-state index contributed by atoms with van der Waals surface area (Å²) >= 11 is 0. The van der Waals surface area contributed by atoms with Crippen LogP contribution in [-0.2, 0) is 47.1 Å². The number of hydrogen-bond acceptors (Lipinski definition) is 16. The second kappa shape index (κ2) is 67.6. The van der Waals surface area contributed by atoms with E-state index in [1.807, 2.05) is 135 Å². The van der Waals surface area contributed by atoms with Crippen LogP contribution in [-0.4, -0.2) is 81.1 Å². The lowest BCUT2D eigenvalue weighted by Crippen LogP contribution is -2.55. The van der Waals surface area contributed by atoms with Crippen LogP contribution < -0.4 is 56.8 Å². The minimum atomic E-state index is -2.07. The smallest absolute Gasteiger partial charge is 0.164 e. The van der Waals surface area contributed by atoms with E-state index in [0.717, 1.165) is 171 Å². The van der Waals surface area contributed by atoms with Crippen LogP contribution in [0.4, 0.5) is 0 Å². The molecular formula is C123H182O16. The molecule has 770 valence electrons. The SMILES string of the molecule is CCCCCCCCOc1cc(COc2ccc(C(O)(c3ccc(OCc4cc(OCCCCCCCC)cc(OCCCCCCCC)c4)cc3)[C@@H]3OC(C)(C)O[C@H]3C(O)(c3ccc(OCc4cc(OCCCCCCCC)cc(OCCCCCCCC)c4)cc3)c3ccc(OCc4cc(OCCCCCCCC)cc(OCCCCCCCC)c4)cc3)cc2)cc(OCCCCCCCC)c1. The van der Waals surface area contributed by atoms with Gasteiger partial charge in [-0.1, -0.05) is 361 Å². The van der Waals surface area contributed by atoms with Crippen LogP contribution in [0.2, 0.25) is 0 Å². The molecule has 1 aliphatic rings. The molecule has 1 saturated heterocycles. The van der Waals surface area contributed by atoms with Crippen molar-refractivity contribution in [3.05, 3.63) is 214 Å². The van der Waals surface area contributed by atoms with Crippen molar-refractivity contribution in [3.63, 3.8) is 0 Å². The van der Waals surface area contributed by atoms with E-state index in [1.54, 1.807) is 0 Å². The summed E-state index contributed by atoms with van der Waals surface area (Å²) in [6.07, 6.45) is 53.4. The highest BCUT2D eigenvalue weighted by Gasteiger charge is 2.61. The highest BCUT2D eigenvalue weighted by molar-refractivity contribution is 5.49. The van der Waals surface area contributed by atoms with Crippen LogP contribution in [0.1, 0.15) is 422 Å². The van der Waals surface area contributed by atoms with Gasteiger partial charge >= 0.3 is 0 Å². The molecule has 1 aliphatic heterocycles. The second-order valence-corrected chi connectivity index (χ2v) is 39.4. The highest BCUT2D eigenvalue weighted by Crippen LogP contribution is 2.52. The third-order valence-corrected chi connectivity index (χ3v) is 26.6. The predicted molar refractivity (Wildman–Crippen MR) is 570 cm³/mol. The van der Waals surface area contributed by atoms with Gasteiger partial charge in [0.05, 0.1) is 52.9 Å². The molecule has 0 spiro atoms. The summed E-state index contributed by atoms with van der Waals surface area (Å²) in [4.78, 5) is 0. The molecule has 0 amide bonds. The van der Waals surface area contributed by atoms with E-state index in [-0.39, 0.29) is 26.4 Å². The van der Waals surface area contributed by atoms with Gasteiger partial charge in [0.2, 0.25) is 0 Å².